The van der Waals surface area contributed by atoms with Crippen molar-refractivity contribution in [3.05, 3.63) is 29.7 Å². The fourth-order valence-corrected chi connectivity index (χ4v) is 2.22. The van der Waals surface area contributed by atoms with Crippen LogP contribution in [0.4, 0.5) is 5.69 Å². The highest BCUT2D eigenvalue weighted by molar-refractivity contribution is 7.94. The number of methoxy groups -OCH3 is 1. The van der Waals surface area contributed by atoms with Crippen molar-refractivity contribution in [3.8, 4) is 5.75 Å². The summed E-state index contributed by atoms with van der Waals surface area (Å²) in [7, 11) is -2.01. The normalized spacial score (nSPS) is 11.1. The van der Waals surface area contributed by atoms with Gasteiger partial charge in [0.05, 0.1) is 17.7 Å². The monoisotopic (exact) mass is 227 g/mol. The molecule has 0 unspecified atom stereocenters. The molecule has 0 aliphatic rings. The Hall–Kier alpha value is -1.49. The topological polar surface area (TPSA) is 69.4 Å². The molecule has 0 heterocycles. The minimum absolute atomic E-state index is 0.170. The number of aryl methyl sites for hydroxylation is 1. The van der Waals surface area contributed by atoms with E-state index in [1.807, 2.05) is 0 Å². The minimum atomic E-state index is -3.45. The van der Waals surface area contributed by atoms with Crippen LogP contribution in [0.1, 0.15) is 5.56 Å². The van der Waals surface area contributed by atoms with Crippen LogP contribution >= 0.6 is 0 Å². The van der Waals surface area contributed by atoms with Gasteiger partial charge in [-0.2, -0.15) is 0 Å². The summed E-state index contributed by atoms with van der Waals surface area (Å²) in [6.45, 7) is 4.94. The third-order valence-electron chi connectivity index (χ3n) is 2.05. The number of sulfone groups is 1. The van der Waals surface area contributed by atoms with Crippen LogP contribution < -0.4 is 10.5 Å². The lowest BCUT2D eigenvalue weighted by atomic mass is 10.2. The second kappa shape index (κ2) is 3.94. The first-order valence-electron chi connectivity index (χ1n) is 4.24. The molecule has 1 rings (SSSR count). The second-order valence-electron chi connectivity index (χ2n) is 3.07. The predicted molar refractivity (Wildman–Crippen MR) is 59.5 cm³/mol. The van der Waals surface area contributed by atoms with E-state index in [1.54, 1.807) is 13.0 Å². The number of hydrogen-bond donors (Lipinski definition) is 1. The zero-order valence-corrected chi connectivity index (χ0v) is 9.47. The smallest absolute Gasteiger partial charge is 0.199 e. The second-order valence-corrected chi connectivity index (χ2v) is 4.93. The van der Waals surface area contributed by atoms with Gasteiger partial charge in [0, 0.05) is 11.5 Å². The Labute approximate surface area is 89.3 Å². The summed E-state index contributed by atoms with van der Waals surface area (Å²) in [5, 5.41) is 0.908. The number of ether oxygens (including phenoxy) is 1. The maximum Gasteiger partial charge on any atom is 0.199 e. The molecule has 5 heteroatoms. The number of anilines is 1. The van der Waals surface area contributed by atoms with Crippen molar-refractivity contribution in [3.63, 3.8) is 0 Å². The lowest BCUT2D eigenvalue weighted by Crippen LogP contribution is -2.02. The van der Waals surface area contributed by atoms with E-state index < -0.39 is 9.84 Å². The summed E-state index contributed by atoms with van der Waals surface area (Å²) in [5.74, 6) is 0.348. The van der Waals surface area contributed by atoms with Crippen molar-refractivity contribution in [1.82, 2.24) is 0 Å². The van der Waals surface area contributed by atoms with Gasteiger partial charge in [0.2, 0.25) is 0 Å². The molecule has 2 N–H and O–H groups in total. The third kappa shape index (κ3) is 2.12. The van der Waals surface area contributed by atoms with Crippen LogP contribution in [0.3, 0.4) is 0 Å². The summed E-state index contributed by atoms with van der Waals surface area (Å²) < 4.78 is 28.1. The minimum Gasteiger partial charge on any atom is -0.495 e. The van der Waals surface area contributed by atoms with Gasteiger partial charge in [-0.05, 0) is 18.6 Å². The van der Waals surface area contributed by atoms with Crippen LogP contribution in [-0.2, 0) is 9.84 Å². The Morgan fingerprint density at radius 3 is 2.53 bits per heavy atom. The van der Waals surface area contributed by atoms with Crippen LogP contribution in [-0.4, -0.2) is 15.5 Å². The van der Waals surface area contributed by atoms with Gasteiger partial charge >= 0.3 is 0 Å². The maximum absolute atomic E-state index is 11.6. The fourth-order valence-electron chi connectivity index (χ4n) is 1.26. The molecular formula is C10H13NO3S. The van der Waals surface area contributed by atoms with Gasteiger partial charge in [0.15, 0.2) is 9.84 Å². The quantitative estimate of drug-likeness (QED) is 0.794. The van der Waals surface area contributed by atoms with E-state index in [4.69, 9.17) is 10.5 Å². The van der Waals surface area contributed by atoms with E-state index in [1.165, 1.54) is 13.2 Å². The fraction of sp³-hybridized carbons (Fsp3) is 0.200. The highest BCUT2D eigenvalue weighted by Crippen LogP contribution is 2.28. The van der Waals surface area contributed by atoms with E-state index in [0.717, 1.165) is 5.41 Å². The highest BCUT2D eigenvalue weighted by Gasteiger charge is 2.15. The van der Waals surface area contributed by atoms with E-state index >= 15 is 0 Å². The molecule has 0 aliphatic heterocycles. The van der Waals surface area contributed by atoms with Crippen LogP contribution in [0.25, 0.3) is 0 Å². The molecule has 0 atom stereocenters. The Morgan fingerprint density at radius 2 is 2.07 bits per heavy atom. The average Bonchev–Trinajstić information content (AvgIpc) is 2.17. The Bertz CT molecular complexity index is 492. The standard InChI is InChI=1S/C10H13NO3S/c1-4-15(12,13)10-6-9(14-3)8(11)5-7(10)2/h4-6H,1,11H2,2-3H3. The van der Waals surface area contributed by atoms with Gasteiger partial charge in [-0.3, -0.25) is 0 Å². The van der Waals surface area contributed by atoms with Crippen LogP contribution in [0.2, 0.25) is 0 Å². The molecule has 0 spiro atoms. The molecule has 0 aliphatic carbocycles. The Balaban J connectivity index is 3.51. The van der Waals surface area contributed by atoms with E-state index in [2.05, 4.69) is 6.58 Å². The molecule has 4 nitrogen and oxygen atoms in total. The lowest BCUT2D eigenvalue weighted by molar-refractivity contribution is 0.415. The van der Waals surface area contributed by atoms with E-state index in [-0.39, 0.29) is 4.90 Å². The van der Waals surface area contributed by atoms with Crippen molar-refractivity contribution >= 4 is 15.5 Å². The molecule has 0 fully saturated rings. The molecule has 1 aromatic carbocycles. The molecule has 0 radical (unpaired) electrons. The number of nitrogen functional groups attached to an aromatic ring is 1. The van der Waals surface area contributed by atoms with Gasteiger partial charge in [-0.25, -0.2) is 8.42 Å². The lowest BCUT2D eigenvalue weighted by Gasteiger charge is -2.09. The van der Waals surface area contributed by atoms with Crippen LogP contribution in [0.15, 0.2) is 29.0 Å². The Kier molecular flexibility index (Phi) is 3.04. The predicted octanol–water partition coefficient (Wildman–Crippen LogP) is 1.50. The first-order chi connectivity index (χ1) is 6.92. The summed E-state index contributed by atoms with van der Waals surface area (Å²) in [4.78, 5) is 0.170. The maximum atomic E-state index is 11.6. The van der Waals surface area contributed by atoms with Crippen molar-refractivity contribution in [1.29, 1.82) is 0 Å². The summed E-state index contributed by atoms with van der Waals surface area (Å²) in [6.07, 6.45) is 0. The first-order valence-corrected chi connectivity index (χ1v) is 5.78. The molecule has 82 valence electrons. The Morgan fingerprint density at radius 1 is 1.47 bits per heavy atom. The molecule has 0 bridgehead atoms. The number of nitrogens with two attached hydrogens (primary N) is 1. The van der Waals surface area contributed by atoms with Gasteiger partial charge in [-0.15, -0.1) is 0 Å². The molecule has 15 heavy (non-hydrogen) atoms. The SMILES string of the molecule is C=CS(=O)(=O)c1cc(OC)c(N)cc1C. The van der Waals surface area contributed by atoms with Crippen molar-refractivity contribution in [2.75, 3.05) is 12.8 Å². The van der Waals surface area contributed by atoms with Gasteiger partial charge in [0.1, 0.15) is 5.75 Å². The highest BCUT2D eigenvalue weighted by atomic mass is 32.2. The van der Waals surface area contributed by atoms with E-state index in [0.29, 0.717) is 17.0 Å². The molecule has 0 saturated carbocycles. The number of rotatable bonds is 3. The molecule has 1 aromatic rings. The number of benzene rings is 1. The van der Waals surface area contributed by atoms with E-state index in [9.17, 15) is 8.42 Å². The zero-order valence-electron chi connectivity index (χ0n) is 8.65. The van der Waals surface area contributed by atoms with Crippen LogP contribution in [0.5, 0.6) is 5.75 Å². The summed E-state index contributed by atoms with van der Waals surface area (Å²) in [6, 6.07) is 2.97. The number of hydrogen-bond acceptors (Lipinski definition) is 4. The largest absolute Gasteiger partial charge is 0.495 e. The first kappa shape index (κ1) is 11.6. The van der Waals surface area contributed by atoms with Crippen LogP contribution in [0, 0.1) is 6.92 Å². The van der Waals surface area contributed by atoms with Gasteiger partial charge in [0.25, 0.3) is 0 Å². The zero-order chi connectivity index (χ0) is 11.6. The summed E-state index contributed by atoms with van der Waals surface area (Å²) >= 11 is 0. The van der Waals surface area contributed by atoms with Crippen molar-refractivity contribution in [2.24, 2.45) is 0 Å². The third-order valence-corrected chi connectivity index (χ3v) is 3.54. The summed E-state index contributed by atoms with van der Waals surface area (Å²) in [5.41, 5.74) is 6.63. The molecular weight excluding hydrogens is 214 g/mol. The van der Waals surface area contributed by atoms with Crippen molar-refractivity contribution in [2.45, 2.75) is 11.8 Å². The molecule has 0 amide bonds. The van der Waals surface area contributed by atoms with Gasteiger partial charge < -0.3 is 10.5 Å². The van der Waals surface area contributed by atoms with Crippen molar-refractivity contribution < 1.29 is 13.2 Å². The van der Waals surface area contributed by atoms with Gasteiger partial charge in [-0.1, -0.05) is 6.58 Å². The molecule has 0 saturated heterocycles. The average molecular weight is 227 g/mol. The molecule has 0 aromatic heterocycles.